The zero-order chi connectivity index (χ0) is 21.0. The number of ether oxygens (including phenoxy) is 1. The van der Waals surface area contributed by atoms with Crippen molar-refractivity contribution in [1.29, 1.82) is 0 Å². The third-order valence-corrected chi connectivity index (χ3v) is 4.27. The van der Waals surface area contributed by atoms with E-state index in [9.17, 15) is 22.8 Å². The van der Waals surface area contributed by atoms with E-state index in [-0.39, 0.29) is 6.42 Å². The van der Waals surface area contributed by atoms with Gasteiger partial charge in [0.05, 0.1) is 25.4 Å². The molecule has 1 aromatic carbocycles. The van der Waals surface area contributed by atoms with Crippen LogP contribution in [-0.2, 0) is 24.2 Å². The van der Waals surface area contributed by atoms with Crippen LogP contribution in [0.3, 0.4) is 0 Å². The SMILES string of the molecule is COC(=O)c1cnn(Cc2ccc(Cc3cccn(CC(F)(F)F)c3=O)cc2)c1. The number of carbonyl (C=O) groups is 1. The Balaban J connectivity index is 1.70. The largest absolute Gasteiger partial charge is 0.465 e. The van der Waals surface area contributed by atoms with Gasteiger partial charge in [-0.15, -0.1) is 0 Å². The highest BCUT2D eigenvalue weighted by molar-refractivity contribution is 5.88. The number of hydrogen-bond donors (Lipinski definition) is 0. The molecule has 29 heavy (non-hydrogen) atoms. The molecule has 0 aliphatic carbocycles. The fourth-order valence-electron chi connectivity index (χ4n) is 2.88. The van der Waals surface area contributed by atoms with Crippen LogP contribution < -0.4 is 5.56 Å². The van der Waals surface area contributed by atoms with Crippen LogP contribution in [0.15, 0.2) is 59.8 Å². The maximum atomic E-state index is 12.6. The number of aromatic nitrogens is 3. The lowest BCUT2D eigenvalue weighted by Gasteiger charge is -2.11. The highest BCUT2D eigenvalue weighted by Crippen LogP contribution is 2.17. The third-order valence-electron chi connectivity index (χ3n) is 4.27. The number of alkyl halides is 3. The van der Waals surface area contributed by atoms with Gasteiger partial charge < -0.3 is 9.30 Å². The fourth-order valence-corrected chi connectivity index (χ4v) is 2.88. The lowest BCUT2D eigenvalue weighted by molar-refractivity contribution is -0.141. The number of pyridine rings is 1. The van der Waals surface area contributed by atoms with Crippen LogP contribution in [0.4, 0.5) is 13.2 Å². The molecule has 0 N–H and O–H groups in total. The molecule has 0 aliphatic rings. The van der Waals surface area contributed by atoms with Gasteiger partial charge in [0, 0.05) is 24.4 Å². The first-order valence-corrected chi connectivity index (χ1v) is 8.69. The average Bonchev–Trinajstić information content (AvgIpc) is 3.13. The van der Waals surface area contributed by atoms with Crippen LogP contribution in [0, 0.1) is 0 Å². The molecule has 3 rings (SSSR count). The summed E-state index contributed by atoms with van der Waals surface area (Å²) in [6.07, 6.45) is -0.0973. The van der Waals surface area contributed by atoms with Gasteiger partial charge in [-0.3, -0.25) is 9.48 Å². The van der Waals surface area contributed by atoms with E-state index in [1.54, 1.807) is 23.0 Å². The number of rotatable bonds is 6. The summed E-state index contributed by atoms with van der Waals surface area (Å²) in [6, 6.07) is 10.3. The number of esters is 1. The van der Waals surface area contributed by atoms with Gasteiger partial charge in [-0.25, -0.2) is 4.79 Å². The molecular weight excluding hydrogens is 387 g/mol. The van der Waals surface area contributed by atoms with Crippen molar-refractivity contribution in [3.8, 4) is 0 Å². The standard InChI is InChI=1S/C20H18F3N3O3/c1-29-19(28)17-10-24-26(12-17)11-15-6-4-14(5-7-15)9-16-3-2-8-25(18(16)27)13-20(21,22)23/h2-8,10,12H,9,11,13H2,1H3. The third kappa shape index (κ3) is 5.34. The van der Waals surface area contributed by atoms with Crippen molar-refractivity contribution >= 4 is 5.97 Å². The highest BCUT2D eigenvalue weighted by Gasteiger charge is 2.28. The minimum Gasteiger partial charge on any atom is -0.465 e. The molecule has 0 unspecified atom stereocenters. The van der Waals surface area contributed by atoms with Gasteiger partial charge in [0.2, 0.25) is 0 Å². The molecule has 9 heteroatoms. The van der Waals surface area contributed by atoms with Crippen molar-refractivity contribution in [3.05, 3.63) is 87.6 Å². The Hall–Kier alpha value is -3.36. The summed E-state index contributed by atoms with van der Waals surface area (Å²) in [6.45, 7) is -0.878. The molecule has 0 bridgehead atoms. The second kappa shape index (κ2) is 8.34. The minimum absolute atomic E-state index is 0.228. The van der Waals surface area contributed by atoms with E-state index in [1.165, 1.54) is 25.4 Å². The molecule has 0 aliphatic heterocycles. The number of halogens is 3. The summed E-state index contributed by atoms with van der Waals surface area (Å²) in [7, 11) is 1.29. The zero-order valence-electron chi connectivity index (χ0n) is 15.5. The minimum atomic E-state index is -4.45. The monoisotopic (exact) mass is 405 g/mol. The van der Waals surface area contributed by atoms with E-state index in [4.69, 9.17) is 0 Å². The molecule has 0 saturated heterocycles. The average molecular weight is 405 g/mol. The fraction of sp³-hybridized carbons (Fsp3) is 0.250. The van der Waals surface area contributed by atoms with Crippen molar-refractivity contribution in [2.45, 2.75) is 25.7 Å². The second-order valence-electron chi connectivity index (χ2n) is 6.49. The van der Waals surface area contributed by atoms with E-state index in [0.29, 0.717) is 22.2 Å². The van der Waals surface area contributed by atoms with Gasteiger partial charge in [-0.05, 0) is 17.2 Å². The predicted octanol–water partition coefficient (Wildman–Crippen LogP) is 3.03. The molecule has 0 spiro atoms. The number of benzene rings is 1. The Bertz CT molecular complexity index is 1050. The van der Waals surface area contributed by atoms with Crippen LogP contribution in [0.1, 0.15) is 27.0 Å². The van der Waals surface area contributed by atoms with Crippen LogP contribution in [-0.4, -0.2) is 33.6 Å². The van der Waals surface area contributed by atoms with E-state index in [0.717, 1.165) is 17.3 Å². The Morgan fingerprint density at radius 2 is 1.83 bits per heavy atom. The lowest BCUT2D eigenvalue weighted by Crippen LogP contribution is -2.29. The maximum Gasteiger partial charge on any atom is 0.406 e. The van der Waals surface area contributed by atoms with Gasteiger partial charge in [-0.2, -0.15) is 18.3 Å². The Morgan fingerprint density at radius 3 is 2.48 bits per heavy atom. The van der Waals surface area contributed by atoms with E-state index < -0.39 is 24.2 Å². The van der Waals surface area contributed by atoms with Crippen molar-refractivity contribution in [1.82, 2.24) is 14.3 Å². The first kappa shape index (κ1) is 20.4. The molecule has 152 valence electrons. The first-order valence-electron chi connectivity index (χ1n) is 8.69. The summed E-state index contributed by atoms with van der Waals surface area (Å²) in [5.74, 6) is -0.467. The van der Waals surface area contributed by atoms with Gasteiger partial charge in [0.25, 0.3) is 5.56 Å². The molecule has 6 nitrogen and oxygen atoms in total. The van der Waals surface area contributed by atoms with Crippen LogP contribution >= 0.6 is 0 Å². The van der Waals surface area contributed by atoms with Crippen molar-refractivity contribution in [2.24, 2.45) is 0 Å². The van der Waals surface area contributed by atoms with Crippen LogP contribution in [0.2, 0.25) is 0 Å². The second-order valence-corrected chi connectivity index (χ2v) is 6.49. The topological polar surface area (TPSA) is 66.1 Å². The molecule has 2 aromatic heterocycles. The van der Waals surface area contributed by atoms with Gasteiger partial charge in [0.15, 0.2) is 0 Å². The lowest BCUT2D eigenvalue weighted by atomic mass is 10.0. The summed E-state index contributed by atoms with van der Waals surface area (Å²) < 4.78 is 44.6. The first-order chi connectivity index (χ1) is 13.7. The molecule has 0 saturated carbocycles. The molecule has 0 atom stereocenters. The molecule has 2 heterocycles. The van der Waals surface area contributed by atoms with Gasteiger partial charge in [0.1, 0.15) is 6.54 Å². The number of methoxy groups -OCH3 is 1. The Morgan fingerprint density at radius 1 is 1.14 bits per heavy atom. The quantitative estimate of drug-likeness (QED) is 0.592. The summed E-state index contributed by atoms with van der Waals surface area (Å²) >= 11 is 0. The summed E-state index contributed by atoms with van der Waals surface area (Å²) in [4.78, 5) is 23.7. The van der Waals surface area contributed by atoms with Gasteiger partial charge >= 0.3 is 12.1 Å². The Labute approximate surface area is 164 Å². The molecule has 0 radical (unpaired) electrons. The summed E-state index contributed by atoms with van der Waals surface area (Å²) in [5, 5.41) is 4.10. The van der Waals surface area contributed by atoms with Crippen molar-refractivity contribution in [3.63, 3.8) is 0 Å². The van der Waals surface area contributed by atoms with Crippen molar-refractivity contribution < 1.29 is 22.7 Å². The number of carbonyl (C=O) groups excluding carboxylic acids is 1. The van der Waals surface area contributed by atoms with Crippen LogP contribution in [0.5, 0.6) is 0 Å². The molecule has 0 amide bonds. The molecule has 3 aromatic rings. The Kier molecular flexibility index (Phi) is 5.86. The molecular formula is C20H18F3N3O3. The molecule has 0 fully saturated rings. The van der Waals surface area contributed by atoms with E-state index >= 15 is 0 Å². The number of hydrogen-bond acceptors (Lipinski definition) is 4. The van der Waals surface area contributed by atoms with Crippen molar-refractivity contribution in [2.75, 3.05) is 7.11 Å². The van der Waals surface area contributed by atoms with Crippen LogP contribution in [0.25, 0.3) is 0 Å². The number of nitrogens with zero attached hydrogens (tertiary/aromatic N) is 3. The van der Waals surface area contributed by atoms with E-state index in [1.807, 2.05) is 12.1 Å². The smallest absolute Gasteiger partial charge is 0.406 e. The predicted molar refractivity (Wildman–Crippen MR) is 98.7 cm³/mol. The maximum absolute atomic E-state index is 12.6. The van der Waals surface area contributed by atoms with E-state index in [2.05, 4.69) is 9.84 Å². The summed E-state index contributed by atoms with van der Waals surface area (Å²) in [5.41, 5.74) is 1.70. The van der Waals surface area contributed by atoms with Gasteiger partial charge in [-0.1, -0.05) is 30.3 Å². The highest BCUT2D eigenvalue weighted by atomic mass is 19.4. The zero-order valence-corrected chi connectivity index (χ0v) is 15.5. The normalized spacial score (nSPS) is 11.4.